The smallest absolute Gasteiger partial charge is 0.257 e. The molecule has 1 fully saturated rings. The summed E-state index contributed by atoms with van der Waals surface area (Å²) >= 11 is 0. The lowest BCUT2D eigenvalue weighted by Crippen LogP contribution is -2.40. The molecule has 1 aliphatic rings. The van der Waals surface area contributed by atoms with Crippen molar-refractivity contribution in [1.29, 1.82) is 0 Å². The fraction of sp³-hybridized carbons (Fsp3) is 0.500. The summed E-state index contributed by atoms with van der Waals surface area (Å²) in [6.45, 7) is 2.67. The number of hydrogen-bond acceptors (Lipinski definition) is 4. The van der Waals surface area contributed by atoms with Gasteiger partial charge in [-0.2, -0.15) is 5.10 Å². The number of nitrogens with one attached hydrogen (secondary N) is 1. The minimum absolute atomic E-state index is 0.0657. The van der Waals surface area contributed by atoms with Gasteiger partial charge in [0.05, 0.1) is 23.5 Å². The summed E-state index contributed by atoms with van der Waals surface area (Å²) in [5.41, 5.74) is 1.42. The minimum Gasteiger partial charge on any atom is -0.339 e. The standard InChI is InChI=1S/C14H19N5O/c1-15-8-11-2-5-18(6-3-11)14(20)12-9-17-19-7-4-16-10-13(12)19/h4,7,9-11,15H,2-3,5-6,8H2,1H3. The Kier molecular flexibility index (Phi) is 3.64. The third kappa shape index (κ3) is 2.38. The van der Waals surface area contributed by atoms with Crippen molar-refractivity contribution in [2.24, 2.45) is 5.92 Å². The van der Waals surface area contributed by atoms with Gasteiger partial charge in [-0.15, -0.1) is 0 Å². The van der Waals surface area contributed by atoms with Crippen LogP contribution >= 0.6 is 0 Å². The second-order valence-electron chi connectivity index (χ2n) is 5.26. The van der Waals surface area contributed by atoms with Gasteiger partial charge >= 0.3 is 0 Å². The van der Waals surface area contributed by atoms with Crippen LogP contribution in [-0.2, 0) is 0 Å². The maximum Gasteiger partial charge on any atom is 0.257 e. The molecule has 2 aromatic heterocycles. The molecular weight excluding hydrogens is 254 g/mol. The Morgan fingerprint density at radius 3 is 2.95 bits per heavy atom. The van der Waals surface area contributed by atoms with Gasteiger partial charge in [0.2, 0.25) is 0 Å². The van der Waals surface area contributed by atoms with E-state index in [2.05, 4.69) is 15.4 Å². The van der Waals surface area contributed by atoms with Crippen molar-refractivity contribution in [3.05, 3.63) is 30.4 Å². The average molecular weight is 273 g/mol. The van der Waals surface area contributed by atoms with Gasteiger partial charge in [0.25, 0.3) is 5.91 Å². The zero-order chi connectivity index (χ0) is 13.9. The number of nitrogens with zero attached hydrogens (tertiary/aromatic N) is 4. The van der Waals surface area contributed by atoms with E-state index >= 15 is 0 Å². The molecule has 0 atom stereocenters. The van der Waals surface area contributed by atoms with E-state index in [0.717, 1.165) is 38.0 Å². The Labute approximate surface area is 117 Å². The van der Waals surface area contributed by atoms with Crippen LogP contribution in [0, 0.1) is 5.92 Å². The number of aromatic nitrogens is 3. The molecule has 0 bridgehead atoms. The van der Waals surface area contributed by atoms with Crippen LogP contribution in [0.15, 0.2) is 24.8 Å². The van der Waals surface area contributed by atoms with E-state index in [9.17, 15) is 4.79 Å². The van der Waals surface area contributed by atoms with E-state index < -0.39 is 0 Å². The minimum atomic E-state index is 0.0657. The molecule has 106 valence electrons. The lowest BCUT2D eigenvalue weighted by molar-refractivity contribution is 0.0693. The normalized spacial score (nSPS) is 16.8. The highest BCUT2D eigenvalue weighted by molar-refractivity contribution is 6.00. The van der Waals surface area contributed by atoms with Gasteiger partial charge in [-0.1, -0.05) is 0 Å². The molecule has 1 aliphatic heterocycles. The largest absolute Gasteiger partial charge is 0.339 e. The second-order valence-corrected chi connectivity index (χ2v) is 5.26. The molecule has 6 heteroatoms. The molecular formula is C14H19N5O. The number of rotatable bonds is 3. The lowest BCUT2D eigenvalue weighted by Gasteiger charge is -2.31. The van der Waals surface area contributed by atoms with Gasteiger partial charge in [0.15, 0.2) is 0 Å². The Morgan fingerprint density at radius 1 is 1.40 bits per heavy atom. The van der Waals surface area contributed by atoms with Crippen molar-refractivity contribution < 1.29 is 4.79 Å². The van der Waals surface area contributed by atoms with Crippen LogP contribution in [-0.4, -0.2) is 52.1 Å². The summed E-state index contributed by atoms with van der Waals surface area (Å²) in [5.74, 6) is 0.741. The van der Waals surface area contributed by atoms with Crippen molar-refractivity contribution in [3.63, 3.8) is 0 Å². The van der Waals surface area contributed by atoms with Gasteiger partial charge in [0, 0.05) is 25.5 Å². The number of carbonyl (C=O) groups excluding carboxylic acids is 1. The van der Waals surface area contributed by atoms with Crippen LogP contribution in [0.1, 0.15) is 23.2 Å². The van der Waals surface area contributed by atoms with Gasteiger partial charge in [-0.25, -0.2) is 4.52 Å². The number of fused-ring (bicyclic) bond motifs is 1. The first kappa shape index (κ1) is 13.1. The zero-order valence-electron chi connectivity index (χ0n) is 11.6. The molecule has 6 nitrogen and oxygen atoms in total. The maximum absolute atomic E-state index is 12.6. The summed E-state index contributed by atoms with van der Waals surface area (Å²) < 4.78 is 1.69. The monoisotopic (exact) mass is 273 g/mol. The Morgan fingerprint density at radius 2 is 2.20 bits per heavy atom. The zero-order valence-corrected chi connectivity index (χ0v) is 11.6. The Hall–Kier alpha value is -1.95. The van der Waals surface area contributed by atoms with E-state index in [-0.39, 0.29) is 5.91 Å². The van der Waals surface area contributed by atoms with Crippen LogP contribution in [0.2, 0.25) is 0 Å². The number of piperidine rings is 1. The molecule has 0 spiro atoms. The first-order valence-electron chi connectivity index (χ1n) is 7.01. The van der Waals surface area contributed by atoms with Crippen LogP contribution < -0.4 is 5.32 Å². The number of carbonyl (C=O) groups is 1. The molecule has 0 unspecified atom stereocenters. The predicted octanol–water partition coefficient (Wildman–Crippen LogP) is 0.801. The van der Waals surface area contributed by atoms with E-state index in [1.54, 1.807) is 29.3 Å². The van der Waals surface area contributed by atoms with Crippen molar-refractivity contribution in [2.45, 2.75) is 12.8 Å². The highest BCUT2D eigenvalue weighted by Crippen LogP contribution is 2.19. The molecule has 0 aliphatic carbocycles. The molecule has 20 heavy (non-hydrogen) atoms. The third-order valence-electron chi connectivity index (χ3n) is 3.95. The molecule has 1 saturated heterocycles. The highest BCUT2D eigenvalue weighted by atomic mass is 16.2. The quantitative estimate of drug-likeness (QED) is 0.898. The molecule has 3 rings (SSSR count). The second kappa shape index (κ2) is 5.58. The van der Waals surface area contributed by atoms with E-state index in [0.29, 0.717) is 11.5 Å². The Balaban J connectivity index is 1.74. The topological polar surface area (TPSA) is 62.5 Å². The highest BCUT2D eigenvalue weighted by Gasteiger charge is 2.25. The van der Waals surface area contributed by atoms with Crippen molar-refractivity contribution in [3.8, 4) is 0 Å². The van der Waals surface area contributed by atoms with Gasteiger partial charge in [-0.05, 0) is 32.4 Å². The SMILES string of the molecule is CNCC1CCN(C(=O)c2cnn3ccncc23)CC1. The maximum atomic E-state index is 12.6. The van der Waals surface area contributed by atoms with E-state index in [1.165, 1.54) is 0 Å². The molecule has 0 aromatic carbocycles. The van der Waals surface area contributed by atoms with Crippen LogP contribution in [0.3, 0.4) is 0 Å². The van der Waals surface area contributed by atoms with Crippen molar-refractivity contribution in [2.75, 3.05) is 26.7 Å². The van der Waals surface area contributed by atoms with Crippen LogP contribution in [0.5, 0.6) is 0 Å². The van der Waals surface area contributed by atoms with Crippen LogP contribution in [0.25, 0.3) is 5.52 Å². The molecule has 1 amide bonds. The van der Waals surface area contributed by atoms with Gasteiger partial charge < -0.3 is 10.2 Å². The molecule has 0 radical (unpaired) electrons. The molecule has 3 heterocycles. The van der Waals surface area contributed by atoms with E-state index in [1.807, 2.05) is 11.9 Å². The van der Waals surface area contributed by atoms with Gasteiger partial charge in [0.1, 0.15) is 0 Å². The summed E-state index contributed by atoms with van der Waals surface area (Å²) in [4.78, 5) is 18.6. The average Bonchev–Trinajstić information content (AvgIpc) is 2.92. The summed E-state index contributed by atoms with van der Waals surface area (Å²) in [7, 11) is 1.98. The predicted molar refractivity (Wildman–Crippen MR) is 75.5 cm³/mol. The summed E-state index contributed by atoms with van der Waals surface area (Å²) in [6, 6.07) is 0. The fourth-order valence-corrected chi connectivity index (χ4v) is 2.80. The number of hydrogen-bond donors (Lipinski definition) is 1. The lowest BCUT2D eigenvalue weighted by atomic mass is 9.96. The molecule has 2 aromatic rings. The molecule has 0 saturated carbocycles. The van der Waals surface area contributed by atoms with E-state index in [4.69, 9.17) is 0 Å². The first-order chi connectivity index (χ1) is 9.79. The van der Waals surface area contributed by atoms with Crippen LogP contribution in [0.4, 0.5) is 0 Å². The Bertz CT molecular complexity index is 600. The van der Waals surface area contributed by atoms with Crippen molar-refractivity contribution in [1.82, 2.24) is 24.8 Å². The summed E-state index contributed by atoms with van der Waals surface area (Å²) in [5, 5.41) is 7.41. The fourth-order valence-electron chi connectivity index (χ4n) is 2.80. The third-order valence-corrected chi connectivity index (χ3v) is 3.95. The molecule has 1 N–H and O–H groups in total. The van der Waals surface area contributed by atoms with Crippen molar-refractivity contribution >= 4 is 11.4 Å². The van der Waals surface area contributed by atoms with Gasteiger partial charge in [-0.3, -0.25) is 9.78 Å². The first-order valence-corrected chi connectivity index (χ1v) is 7.01. The number of amides is 1. The number of likely N-dealkylation sites (tertiary alicyclic amines) is 1. The summed E-state index contributed by atoms with van der Waals surface area (Å²) in [6.07, 6.45) is 8.86.